The molecule has 0 aliphatic heterocycles. The van der Waals surface area contributed by atoms with E-state index in [1.165, 1.54) is 12.1 Å². The van der Waals surface area contributed by atoms with E-state index in [4.69, 9.17) is 17.4 Å². The van der Waals surface area contributed by atoms with Crippen molar-refractivity contribution in [1.82, 2.24) is 4.98 Å². The number of benzene rings is 1. The number of primary sulfonamides is 1. The molecular weight excluding hydrogens is 308 g/mol. The van der Waals surface area contributed by atoms with Gasteiger partial charge in [-0.2, -0.15) is 0 Å². The van der Waals surface area contributed by atoms with Crippen LogP contribution in [0.15, 0.2) is 47.4 Å². The predicted octanol–water partition coefficient (Wildman–Crippen LogP) is 1.85. The lowest BCUT2D eigenvalue weighted by atomic mass is 10.3. The third-order valence-corrected chi connectivity index (χ3v) is 3.70. The SMILES string of the molecule is Cc1cccc(NC(=S)Nc2ccc(S(N)(=O)=O)cc2)n1. The molecule has 0 saturated heterocycles. The van der Waals surface area contributed by atoms with Crippen LogP contribution in [0.5, 0.6) is 0 Å². The van der Waals surface area contributed by atoms with Crippen molar-refractivity contribution in [3.63, 3.8) is 0 Å². The molecule has 2 aromatic rings. The number of sulfonamides is 1. The quantitative estimate of drug-likeness (QED) is 0.746. The molecule has 110 valence electrons. The van der Waals surface area contributed by atoms with E-state index in [-0.39, 0.29) is 4.90 Å². The normalized spacial score (nSPS) is 11.0. The van der Waals surface area contributed by atoms with Crippen LogP contribution in [0.2, 0.25) is 0 Å². The van der Waals surface area contributed by atoms with Crippen molar-refractivity contribution >= 4 is 38.9 Å². The smallest absolute Gasteiger partial charge is 0.238 e. The molecule has 0 amide bonds. The number of nitrogens with two attached hydrogens (primary N) is 1. The number of rotatable bonds is 3. The lowest BCUT2D eigenvalue weighted by Crippen LogP contribution is -2.20. The number of aryl methyl sites for hydroxylation is 1. The third kappa shape index (κ3) is 4.48. The molecule has 0 saturated carbocycles. The Labute approximate surface area is 128 Å². The van der Waals surface area contributed by atoms with E-state index in [2.05, 4.69) is 15.6 Å². The Hall–Kier alpha value is -2.03. The van der Waals surface area contributed by atoms with Crippen molar-refractivity contribution in [2.45, 2.75) is 11.8 Å². The van der Waals surface area contributed by atoms with Crippen LogP contribution in [0.3, 0.4) is 0 Å². The van der Waals surface area contributed by atoms with Gasteiger partial charge in [0.05, 0.1) is 4.90 Å². The first-order valence-corrected chi connectivity index (χ1v) is 7.94. The van der Waals surface area contributed by atoms with Gasteiger partial charge in [0.25, 0.3) is 0 Å². The number of anilines is 2. The molecule has 6 nitrogen and oxygen atoms in total. The number of hydrogen-bond acceptors (Lipinski definition) is 4. The molecule has 8 heteroatoms. The molecule has 1 heterocycles. The third-order valence-electron chi connectivity index (χ3n) is 2.57. The number of hydrogen-bond donors (Lipinski definition) is 3. The fourth-order valence-corrected chi connectivity index (χ4v) is 2.36. The van der Waals surface area contributed by atoms with E-state index < -0.39 is 10.0 Å². The van der Waals surface area contributed by atoms with Crippen LogP contribution in [0.1, 0.15) is 5.69 Å². The highest BCUT2D eigenvalue weighted by molar-refractivity contribution is 7.89. The van der Waals surface area contributed by atoms with Crippen LogP contribution < -0.4 is 15.8 Å². The molecule has 2 rings (SSSR count). The Kier molecular flexibility index (Phi) is 4.51. The maximum absolute atomic E-state index is 11.2. The molecule has 0 aliphatic rings. The first kappa shape index (κ1) is 15.4. The summed E-state index contributed by atoms with van der Waals surface area (Å²) in [6.45, 7) is 1.88. The van der Waals surface area contributed by atoms with Crippen LogP contribution in [0, 0.1) is 6.92 Å². The van der Waals surface area contributed by atoms with E-state index in [9.17, 15) is 8.42 Å². The van der Waals surface area contributed by atoms with Crippen LogP contribution >= 0.6 is 12.2 Å². The Bertz CT molecular complexity index is 758. The van der Waals surface area contributed by atoms with Gasteiger partial charge in [-0.25, -0.2) is 18.5 Å². The van der Waals surface area contributed by atoms with Crippen molar-refractivity contribution in [3.05, 3.63) is 48.2 Å². The standard InChI is InChI=1S/C13H14N4O2S2/c1-9-3-2-4-12(15-9)17-13(20)16-10-5-7-11(8-6-10)21(14,18)19/h2-8H,1H3,(H2,14,18,19)(H2,15,16,17,20). The predicted molar refractivity (Wildman–Crippen MR) is 86.6 cm³/mol. The summed E-state index contributed by atoms with van der Waals surface area (Å²) in [7, 11) is -3.69. The summed E-state index contributed by atoms with van der Waals surface area (Å²) in [5.41, 5.74) is 1.52. The molecule has 0 unspecified atom stereocenters. The highest BCUT2D eigenvalue weighted by atomic mass is 32.2. The summed E-state index contributed by atoms with van der Waals surface area (Å²) in [5, 5.41) is 11.3. The number of nitrogens with zero attached hydrogens (tertiary/aromatic N) is 1. The van der Waals surface area contributed by atoms with Crippen LogP contribution in [-0.2, 0) is 10.0 Å². The molecule has 1 aromatic heterocycles. The van der Waals surface area contributed by atoms with E-state index in [1.807, 2.05) is 19.1 Å². The maximum atomic E-state index is 11.2. The zero-order valence-electron chi connectivity index (χ0n) is 11.2. The van der Waals surface area contributed by atoms with E-state index in [1.54, 1.807) is 18.2 Å². The molecule has 0 atom stereocenters. The monoisotopic (exact) mass is 322 g/mol. The lowest BCUT2D eigenvalue weighted by Gasteiger charge is -2.10. The van der Waals surface area contributed by atoms with Crippen molar-refractivity contribution in [1.29, 1.82) is 0 Å². The topological polar surface area (TPSA) is 97.1 Å². The number of thiocarbonyl (C=S) groups is 1. The highest BCUT2D eigenvalue weighted by Gasteiger charge is 2.07. The van der Waals surface area contributed by atoms with Gasteiger partial charge in [-0.05, 0) is 55.5 Å². The van der Waals surface area contributed by atoms with Gasteiger partial charge in [0, 0.05) is 11.4 Å². The summed E-state index contributed by atoms with van der Waals surface area (Å²) >= 11 is 5.16. The van der Waals surface area contributed by atoms with Crippen molar-refractivity contribution in [3.8, 4) is 0 Å². The van der Waals surface area contributed by atoms with Crippen molar-refractivity contribution < 1.29 is 8.42 Å². The zero-order valence-corrected chi connectivity index (χ0v) is 12.8. The van der Waals surface area contributed by atoms with Gasteiger partial charge in [0.2, 0.25) is 10.0 Å². The first-order chi connectivity index (χ1) is 9.84. The van der Waals surface area contributed by atoms with E-state index in [0.717, 1.165) is 5.69 Å². The van der Waals surface area contributed by atoms with Crippen LogP contribution in [0.4, 0.5) is 11.5 Å². The van der Waals surface area contributed by atoms with Gasteiger partial charge in [0.15, 0.2) is 5.11 Å². The lowest BCUT2D eigenvalue weighted by molar-refractivity contribution is 0.598. The molecule has 0 spiro atoms. The van der Waals surface area contributed by atoms with Gasteiger partial charge in [-0.15, -0.1) is 0 Å². The Morgan fingerprint density at radius 2 is 1.81 bits per heavy atom. The molecule has 0 fully saturated rings. The van der Waals surface area contributed by atoms with Crippen molar-refractivity contribution in [2.75, 3.05) is 10.6 Å². The molecule has 1 aromatic carbocycles. The second kappa shape index (κ2) is 6.17. The van der Waals surface area contributed by atoms with Gasteiger partial charge >= 0.3 is 0 Å². The van der Waals surface area contributed by atoms with Crippen molar-refractivity contribution in [2.24, 2.45) is 5.14 Å². The minimum atomic E-state index is -3.69. The van der Waals surface area contributed by atoms with Gasteiger partial charge < -0.3 is 10.6 Å². The summed E-state index contributed by atoms with van der Waals surface area (Å²) in [6, 6.07) is 11.5. The second-order valence-electron chi connectivity index (χ2n) is 4.31. The van der Waals surface area contributed by atoms with Gasteiger partial charge in [0.1, 0.15) is 5.82 Å². The van der Waals surface area contributed by atoms with Gasteiger partial charge in [-0.1, -0.05) is 6.07 Å². The Balaban J connectivity index is 2.03. The number of pyridine rings is 1. The van der Waals surface area contributed by atoms with E-state index >= 15 is 0 Å². The van der Waals surface area contributed by atoms with E-state index in [0.29, 0.717) is 16.6 Å². The zero-order chi connectivity index (χ0) is 15.5. The summed E-state index contributed by atoms with van der Waals surface area (Å²) < 4.78 is 22.3. The Morgan fingerprint density at radius 3 is 2.38 bits per heavy atom. The maximum Gasteiger partial charge on any atom is 0.238 e. The summed E-state index contributed by atoms with van der Waals surface area (Å²) in [6.07, 6.45) is 0. The molecule has 4 N–H and O–H groups in total. The largest absolute Gasteiger partial charge is 0.332 e. The highest BCUT2D eigenvalue weighted by Crippen LogP contribution is 2.13. The molecule has 0 radical (unpaired) electrons. The average Bonchev–Trinajstić information content (AvgIpc) is 2.38. The Morgan fingerprint density at radius 1 is 1.14 bits per heavy atom. The van der Waals surface area contributed by atoms with Gasteiger partial charge in [-0.3, -0.25) is 0 Å². The molecule has 0 bridgehead atoms. The minimum absolute atomic E-state index is 0.0484. The average molecular weight is 322 g/mol. The molecule has 0 aliphatic carbocycles. The summed E-state index contributed by atoms with van der Waals surface area (Å²) in [4.78, 5) is 4.32. The first-order valence-electron chi connectivity index (χ1n) is 5.99. The number of nitrogens with one attached hydrogen (secondary N) is 2. The van der Waals surface area contributed by atoms with Crippen LogP contribution in [-0.4, -0.2) is 18.5 Å². The second-order valence-corrected chi connectivity index (χ2v) is 6.28. The molecule has 21 heavy (non-hydrogen) atoms. The summed E-state index contributed by atoms with van der Waals surface area (Å²) in [5.74, 6) is 0.633. The molecular formula is C13H14N4O2S2. The van der Waals surface area contributed by atoms with Crippen LogP contribution in [0.25, 0.3) is 0 Å². The minimum Gasteiger partial charge on any atom is -0.332 e. The number of aromatic nitrogens is 1. The fourth-order valence-electron chi connectivity index (χ4n) is 1.62. The fraction of sp³-hybridized carbons (Fsp3) is 0.0769.